The van der Waals surface area contributed by atoms with Crippen LogP contribution in [0.2, 0.25) is 0 Å². The van der Waals surface area contributed by atoms with Crippen molar-refractivity contribution in [2.45, 2.75) is 42.9 Å². The minimum absolute atomic E-state index is 0.599. The third-order valence-corrected chi connectivity index (χ3v) is 5.31. The van der Waals surface area contributed by atoms with Crippen LogP contribution in [0.25, 0.3) is 0 Å². The average Bonchev–Trinajstić information content (AvgIpc) is 2.86. The Morgan fingerprint density at radius 3 is 2.79 bits per heavy atom. The zero-order valence-electron chi connectivity index (χ0n) is 9.09. The minimum atomic E-state index is 0.599. The van der Waals surface area contributed by atoms with Crippen LogP contribution < -0.4 is 11.1 Å². The first-order valence-corrected chi connectivity index (χ1v) is 7.01. The van der Waals surface area contributed by atoms with Crippen LogP contribution >= 0.6 is 11.8 Å². The SMILES string of the molecule is CSC1(CNC2CCCC2CN)CC1. The Bertz CT molecular complexity index is 192. The molecule has 2 aliphatic rings. The molecule has 0 bridgehead atoms. The maximum atomic E-state index is 5.77. The second-order valence-electron chi connectivity index (χ2n) is 4.80. The molecule has 2 unspecified atom stereocenters. The molecule has 0 aromatic heterocycles. The van der Waals surface area contributed by atoms with Gasteiger partial charge in [0.2, 0.25) is 0 Å². The molecule has 2 saturated carbocycles. The van der Waals surface area contributed by atoms with Gasteiger partial charge in [-0.25, -0.2) is 0 Å². The van der Waals surface area contributed by atoms with E-state index in [9.17, 15) is 0 Å². The molecule has 82 valence electrons. The first kappa shape index (κ1) is 10.8. The van der Waals surface area contributed by atoms with Gasteiger partial charge in [-0.1, -0.05) is 6.42 Å². The van der Waals surface area contributed by atoms with Crippen LogP contribution in [-0.4, -0.2) is 30.1 Å². The van der Waals surface area contributed by atoms with Crippen LogP contribution in [0.1, 0.15) is 32.1 Å². The Kier molecular flexibility index (Phi) is 3.40. The summed E-state index contributed by atoms with van der Waals surface area (Å²) in [6.45, 7) is 2.07. The molecule has 0 saturated heterocycles. The van der Waals surface area contributed by atoms with Gasteiger partial charge in [0.15, 0.2) is 0 Å². The third-order valence-electron chi connectivity index (χ3n) is 3.89. The zero-order chi connectivity index (χ0) is 10.0. The van der Waals surface area contributed by atoms with Gasteiger partial charge in [0.05, 0.1) is 0 Å². The molecule has 2 nitrogen and oxygen atoms in total. The van der Waals surface area contributed by atoms with E-state index in [1.165, 1.54) is 38.6 Å². The predicted molar refractivity (Wildman–Crippen MR) is 63.7 cm³/mol. The predicted octanol–water partition coefficient (Wildman–Crippen LogP) is 1.60. The molecule has 0 aromatic carbocycles. The van der Waals surface area contributed by atoms with Crippen molar-refractivity contribution in [3.8, 4) is 0 Å². The lowest BCUT2D eigenvalue weighted by molar-refractivity contribution is 0.406. The Morgan fingerprint density at radius 2 is 2.21 bits per heavy atom. The van der Waals surface area contributed by atoms with Crippen molar-refractivity contribution in [2.75, 3.05) is 19.3 Å². The normalized spacial score (nSPS) is 34.7. The Labute approximate surface area is 91.4 Å². The average molecular weight is 214 g/mol. The van der Waals surface area contributed by atoms with Crippen LogP contribution in [0.15, 0.2) is 0 Å². The van der Waals surface area contributed by atoms with Crippen LogP contribution in [0, 0.1) is 5.92 Å². The molecular formula is C11H22N2S. The van der Waals surface area contributed by atoms with E-state index in [2.05, 4.69) is 11.6 Å². The molecule has 0 aromatic rings. The lowest BCUT2D eigenvalue weighted by atomic mass is 10.0. The van der Waals surface area contributed by atoms with Gasteiger partial charge < -0.3 is 11.1 Å². The van der Waals surface area contributed by atoms with E-state index in [0.717, 1.165) is 12.5 Å². The van der Waals surface area contributed by atoms with Crippen molar-refractivity contribution < 1.29 is 0 Å². The molecule has 0 radical (unpaired) electrons. The van der Waals surface area contributed by atoms with Crippen LogP contribution in [0.5, 0.6) is 0 Å². The van der Waals surface area contributed by atoms with E-state index in [0.29, 0.717) is 10.8 Å². The fourth-order valence-electron chi connectivity index (χ4n) is 2.50. The molecule has 2 rings (SSSR count). The highest BCUT2D eigenvalue weighted by Gasteiger charge is 2.42. The van der Waals surface area contributed by atoms with E-state index in [-0.39, 0.29) is 0 Å². The third kappa shape index (κ3) is 2.26. The first-order chi connectivity index (χ1) is 6.79. The van der Waals surface area contributed by atoms with Gasteiger partial charge >= 0.3 is 0 Å². The second kappa shape index (κ2) is 4.42. The Balaban J connectivity index is 1.74. The molecule has 3 N–H and O–H groups in total. The lowest BCUT2D eigenvalue weighted by Crippen LogP contribution is -2.40. The molecule has 2 aliphatic carbocycles. The summed E-state index contributed by atoms with van der Waals surface area (Å²) in [6.07, 6.45) is 9.09. The highest BCUT2D eigenvalue weighted by Crippen LogP contribution is 2.46. The van der Waals surface area contributed by atoms with Gasteiger partial charge in [0.1, 0.15) is 0 Å². The summed E-state index contributed by atoms with van der Waals surface area (Å²) in [5.41, 5.74) is 5.77. The van der Waals surface area contributed by atoms with Crippen molar-refractivity contribution in [3.63, 3.8) is 0 Å². The molecule has 14 heavy (non-hydrogen) atoms. The zero-order valence-corrected chi connectivity index (χ0v) is 9.91. The van der Waals surface area contributed by atoms with Gasteiger partial charge in [0, 0.05) is 17.3 Å². The quantitative estimate of drug-likeness (QED) is 0.730. The Hall–Kier alpha value is 0.270. The number of nitrogens with two attached hydrogens (primary N) is 1. The number of thioether (sulfide) groups is 1. The fraction of sp³-hybridized carbons (Fsp3) is 1.00. The molecule has 0 spiro atoms. The lowest BCUT2D eigenvalue weighted by Gasteiger charge is -2.22. The van der Waals surface area contributed by atoms with Gasteiger partial charge in [0.25, 0.3) is 0 Å². The standard InChI is InChI=1S/C11H22N2S/c1-14-11(5-6-11)8-13-10-4-2-3-9(10)7-12/h9-10,13H,2-8,12H2,1H3. The fourth-order valence-corrected chi connectivity index (χ4v) is 3.24. The summed E-state index contributed by atoms with van der Waals surface area (Å²) >= 11 is 2.04. The monoisotopic (exact) mass is 214 g/mol. The largest absolute Gasteiger partial charge is 0.330 e. The summed E-state index contributed by atoms with van der Waals surface area (Å²) < 4.78 is 0.599. The van der Waals surface area contributed by atoms with Crippen LogP contribution in [-0.2, 0) is 0 Å². The van der Waals surface area contributed by atoms with Crippen molar-refractivity contribution >= 4 is 11.8 Å². The van der Waals surface area contributed by atoms with Crippen LogP contribution in [0.3, 0.4) is 0 Å². The van der Waals surface area contributed by atoms with E-state index in [1.54, 1.807) is 0 Å². The van der Waals surface area contributed by atoms with E-state index < -0.39 is 0 Å². The molecule has 0 aliphatic heterocycles. The maximum absolute atomic E-state index is 5.77. The van der Waals surface area contributed by atoms with Gasteiger partial charge in [-0.2, -0.15) is 11.8 Å². The maximum Gasteiger partial charge on any atom is 0.0282 e. The number of hydrogen-bond acceptors (Lipinski definition) is 3. The summed E-state index contributed by atoms with van der Waals surface area (Å²) in [7, 11) is 0. The summed E-state index contributed by atoms with van der Waals surface area (Å²) in [5, 5.41) is 3.74. The van der Waals surface area contributed by atoms with Crippen molar-refractivity contribution in [1.29, 1.82) is 0 Å². The second-order valence-corrected chi connectivity index (χ2v) is 6.08. The van der Waals surface area contributed by atoms with Gasteiger partial charge in [-0.15, -0.1) is 0 Å². The highest BCUT2D eigenvalue weighted by molar-refractivity contribution is 8.00. The molecule has 0 amide bonds. The molecule has 2 fully saturated rings. The number of nitrogens with one attached hydrogen (secondary N) is 1. The Morgan fingerprint density at radius 1 is 1.43 bits per heavy atom. The summed E-state index contributed by atoms with van der Waals surface area (Å²) in [5.74, 6) is 0.743. The van der Waals surface area contributed by atoms with E-state index >= 15 is 0 Å². The number of hydrogen-bond donors (Lipinski definition) is 2. The van der Waals surface area contributed by atoms with E-state index in [4.69, 9.17) is 5.73 Å². The highest BCUT2D eigenvalue weighted by atomic mass is 32.2. The number of rotatable bonds is 5. The van der Waals surface area contributed by atoms with Crippen molar-refractivity contribution in [3.05, 3.63) is 0 Å². The van der Waals surface area contributed by atoms with Gasteiger partial charge in [-0.05, 0) is 44.4 Å². The topological polar surface area (TPSA) is 38.0 Å². The first-order valence-electron chi connectivity index (χ1n) is 5.78. The van der Waals surface area contributed by atoms with E-state index in [1.807, 2.05) is 11.8 Å². The minimum Gasteiger partial charge on any atom is -0.330 e. The van der Waals surface area contributed by atoms with Crippen molar-refractivity contribution in [2.24, 2.45) is 11.7 Å². The molecule has 3 heteroatoms. The molecule has 0 heterocycles. The van der Waals surface area contributed by atoms with Crippen molar-refractivity contribution in [1.82, 2.24) is 5.32 Å². The molecule has 2 atom stereocenters. The summed E-state index contributed by atoms with van der Waals surface area (Å²) in [6, 6.07) is 0.713. The molecular weight excluding hydrogens is 192 g/mol. The van der Waals surface area contributed by atoms with Crippen LogP contribution in [0.4, 0.5) is 0 Å². The smallest absolute Gasteiger partial charge is 0.0282 e. The van der Waals surface area contributed by atoms with Gasteiger partial charge in [-0.3, -0.25) is 0 Å². The summed E-state index contributed by atoms with van der Waals surface area (Å²) in [4.78, 5) is 0.